The molecule has 9 nitrogen and oxygen atoms in total. The molecule has 0 saturated carbocycles. The largest absolute Gasteiger partial charge is 0.308 e. The molecule has 78 heavy (non-hydrogen) atoms. The fraction of sp³-hybridized carbons (Fsp3) is 0. The summed E-state index contributed by atoms with van der Waals surface area (Å²) in [6.07, 6.45) is 0. The average molecular weight is 1010 g/mol. The molecule has 366 valence electrons. The highest BCUT2D eigenvalue weighted by Crippen LogP contribution is 2.45. The first-order chi connectivity index (χ1) is 38.5. The van der Waals surface area contributed by atoms with Gasteiger partial charge in [0, 0.05) is 60.5 Å². The molecular formula is C67H39F2N9. The van der Waals surface area contributed by atoms with Crippen LogP contribution in [0.25, 0.3) is 134 Å². The number of nitriles is 1. The van der Waals surface area contributed by atoms with E-state index in [1.54, 1.807) is 12.1 Å². The molecule has 0 bridgehead atoms. The highest BCUT2D eigenvalue weighted by Gasteiger charge is 2.27. The van der Waals surface area contributed by atoms with Gasteiger partial charge in [-0.25, -0.2) is 38.7 Å². The van der Waals surface area contributed by atoms with Gasteiger partial charge in [0.25, 0.3) is 0 Å². The van der Waals surface area contributed by atoms with Crippen LogP contribution in [0, 0.1) is 23.0 Å². The number of hydrogen-bond donors (Lipinski definition) is 0. The van der Waals surface area contributed by atoms with Crippen molar-refractivity contribution in [1.29, 1.82) is 5.26 Å². The lowest BCUT2D eigenvalue weighted by atomic mass is 9.97. The van der Waals surface area contributed by atoms with Gasteiger partial charge in [0.2, 0.25) is 0 Å². The van der Waals surface area contributed by atoms with Gasteiger partial charge in [0.15, 0.2) is 34.9 Å². The summed E-state index contributed by atoms with van der Waals surface area (Å²) >= 11 is 0. The molecule has 0 aliphatic heterocycles. The summed E-state index contributed by atoms with van der Waals surface area (Å²) in [5, 5.41) is 14.4. The van der Waals surface area contributed by atoms with Gasteiger partial charge < -0.3 is 9.13 Å². The first-order valence-electron chi connectivity index (χ1n) is 25.3. The third-order valence-electron chi connectivity index (χ3n) is 14.2. The molecule has 0 aliphatic carbocycles. The van der Waals surface area contributed by atoms with Gasteiger partial charge in [-0.3, -0.25) is 0 Å². The molecule has 0 spiro atoms. The molecule has 14 rings (SSSR count). The van der Waals surface area contributed by atoms with Crippen LogP contribution >= 0.6 is 0 Å². The van der Waals surface area contributed by atoms with Gasteiger partial charge in [0.1, 0.15) is 11.6 Å². The second kappa shape index (κ2) is 18.8. The summed E-state index contributed by atoms with van der Waals surface area (Å²) in [5.41, 5.74) is 8.92. The summed E-state index contributed by atoms with van der Waals surface area (Å²) in [5.74, 6) is 1.54. The van der Waals surface area contributed by atoms with E-state index in [1.165, 1.54) is 18.2 Å². The minimum Gasteiger partial charge on any atom is -0.308 e. The first-order valence-corrected chi connectivity index (χ1v) is 25.3. The van der Waals surface area contributed by atoms with Crippen LogP contribution in [0.15, 0.2) is 237 Å². The van der Waals surface area contributed by atoms with Crippen LogP contribution in [0.3, 0.4) is 0 Å². The van der Waals surface area contributed by atoms with E-state index >= 15 is 8.78 Å². The summed E-state index contributed by atoms with van der Waals surface area (Å²) in [4.78, 5) is 30.0. The number of benzene rings is 10. The SMILES string of the molecule is N#Cc1cc(-n2c3ccccc3c3cc(-c4nc(-c5ccccc5)nc(-c5ccccc5)n4)ccc32)c(-c2c(F)cccc2F)c(-n2c3ccccc3c3cc(-c4nc(-c5ccccc5)nc(-c5ccccc5)n4)ccc32)c1. The zero-order valence-electron chi connectivity index (χ0n) is 41.3. The molecular weight excluding hydrogens is 969 g/mol. The third kappa shape index (κ3) is 7.83. The third-order valence-corrected chi connectivity index (χ3v) is 14.2. The van der Waals surface area contributed by atoms with Crippen LogP contribution in [-0.2, 0) is 0 Å². The van der Waals surface area contributed by atoms with Gasteiger partial charge in [-0.15, -0.1) is 0 Å². The van der Waals surface area contributed by atoms with Gasteiger partial charge in [-0.1, -0.05) is 164 Å². The van der Waals surface area contributed by atoms with Crippen molar-refractivity contribution in [1.82, 2.24) is 39.0 Å². The Labute approximate surface area is 445 Å². The van der Waals surface area contributed by atoms with E-state index in [-0.39, 0.29) is 16.7 Å². The van der Waals surface area contributed by atoms with Crippen molar-refractivity contribution in [2.45, 2.75) is 0 Å². The number of aromatic nitrogens is 8. The Morgan fingerprint density at radius 1 is 0.295 bits per heavy atom. The normalized spacial score (nSPS) is 11.4. The maximum absolute atomic E-state index is 17.0. The molecule has 0 atom stereocenters. The Balaban J connectivity index is 1.01. The van der Waals surface area contributed by atoms with E-state index in [2.05, 4.69) is 6.07 Å². The van der Waals surface area contributed by atoms with Crippen LogP contribution in [0.4, 0.5) is 8.78 Å². The quantitative estimate of drug-likeness (QED) is 0.142. The molecule has 10 aromatic carbocycles. The summed E-state index contributed by atoms with van der Waals surface area (Å²) in [6.45, 7) is 0. The monoisotopic (exact) mass is 1010 g/mol. The Morgan fingerprint density at radius 2 is 0.615 bits per heavy atom. The van der Waals surface area contributed by atoms with Crippen molar-refractivity contribution in [2.24, 2.45) is 0 Å². The Hall–Kier alpha value is -10.8. The van der Waals surface area contributed by atoms with E-state index in [1.807, 2.05) is 215 Å². The van der Waals surface area contributed by atoms with E-state index in [4.69, 9.17) is 29.9 Å². The summed E-state index contributed by atoms with van der Waals surface area (Å²) < 4.78 is 37.9. The smallest absolute Gasteiger partial charge is 0.164 e. The topological polar surface area (TPSA) is 111 Å². The molecule has 0 saturated heterocycles. The highest BCUT2D eigenvalue weighted by atomic mass is 19.1. The molecule has 4 heterocycles. The maximum atomic E-state index is 17.0. The van der Waals surface area contributed by atoms with E-state index in [0.29, 0.717) is 46.3 Å². The lowest BCUT2D eigenvalue weighted by Crippen LogP contribution is -2.07. The van der Waals surface area contributed by atoms with Crippen LogP contribution < -0.4 is 0 Å². The van der Waals surface area contributed by atoms with Crippen LogP contribution in [0.1, 0.15) is 5.56 Å². The second-order valence-electron chi connectivity index (χ2n) is 18.8. The number of para-hydroxylation sites is 2. The molecule has 11 heteroatoms. The predicted octanol–water partition coefficient (Wildman–Crippen LogP) is 16.1. The fourth-order valence-corrected chi connectivity index (χ4v) is 10.6. The number of fused-ring (bicyclic) bond motifs is 6. The molecule has 0 aliphatic rings. The molecule has 0 N–H and O–H groups in total. The van der Waals surface area contributed by atoms with E-state index < -0.39 is 11.6 Å². The van der Waals surface area contributed by atoms with E-state index in [0.717, 1.165) is 77.0 Å². The molecule has 14 aromatic rings. The summed E-state index contributed by atoms with van der Waals surface area (Å²) in [7, 11) is 0. The number of rotatable bonds is 9. The van der Waals surface area contributed by atoms with Crippen LogP contribution in [-0.4, -0.2) is 39.0 Å². The zero-order chi connectivity index (χ0) is 52.3. The average Bonchev–Trinajstić information content (AvgIpc) is 4.24. The minimum atomic E-state index is -0.759. The fourth-order valence-electron chi connectivity index (χ4n) is 10.6. The Bertz CT molecular complexity index is 4300. The van der Waals surface area contributed by atoms with Gasteiger partial charge >= 0.3 is 0 Å². The highest BCUT2D eigenvalue weighted by molar-refractivity contribution is 6.13. The van der Waals surface area contributed by atoms with E-state index in [9.17, 15) is 5.26 Å². The number of nitrogens with zero attached hydrogens (tertiary/aromatic N) is 9. The van der Waals surface area contributed by atoms with Crippen molar-refractivity contribution in [2.75, 3.05) is 0 Å². The molecule has 0 amide bonds. The molecule has 0 fully saturated rings. The minimum absolute atomic E-state index is 0.240. The Kier molecular flexibility index (Phi) is 11.0. The lowest BCUT2D eigenvalue weighted by molar-refractivity contribution is 0.589. The number of hydrogen-bond acceptors (Lipinski definition) is 7. The van der Waals surface area contributed by atoms with Crippen molar-refractivity contribution >= 4 is 43.6 Å². The zero-order valence-corrected chi connectivity index (χ0v) is 41.3. The van der Waals surface area contributed by atoms with Gasteiger partial charge in [-0.2, -0.15) is 5.26 Å². The van der Waals surface area contributed by atoms with Crippen molar-refractivity contribution in [3.63, 3.8) is 0 Å². The lowest BCUT2D eigenvalue weighted by Gasteiger charge is -2.21. The second-order valence-corrected chi connectivity index (χ2v) is 18.8. The first kappa shape index (κ1) is 45.8. The van der Waals surface area contributed by atoms with Gasteiger partial charge in [0.05, 0.1) is 50.6 Å². The molecule has 0 unspecified atom stereocenters. The summed E-state index contributed by atoms with van der Waals surface area (Å²) in [6, 6.07) is 76.8. The number of halogens is 2. The van der Waals surface area contributed by atoms with Crippen molar-refractivity contribution in [3.05, 3.63) is 254 Å². The van der Waals surface area contributed by atoms with Crippen LogP contribution in [0.5, 0.6) is 0 Å². The standard InChI is InChI=1S/C67H39F2N9/c68-52-28-17-29-53(69)60(52)61-58(77-54-30-15-13-26-48(54)50-38-46(32-34-56(50)77)66-73-62(42-18-5-1-6-19-42)71-63(74-66)43-20-7-2-8-21-43)36-41(40-70)37-59(61)78-55-31-16-14-27-49(55)51-39-47(33-35-57(51)78)67-75-64(44-22-9-3-10-23-44)72-65(76-67)45-24-11-4-12-25-45/h1-39H. The van der Waals surface area contributed by atoms with Crippen molar-refractivity contribution < 1.29 is 8.78 Å². The predicted molar refractivity (Wildman–Crippen MR) is 305 cm³/mol. The maximum Gasteiger partial charge on any atom is 0.164 e. The van der Waals surface area contributed by atoms with Crippen LogP contribution in [0.2, 0.25) is 0 Å². The Morgan fingerprint density at radius 3 is 0.974 bits per heavy atom. The molecule has 4 aromatic heterocycles. The molecule has 0 radical (unpaired) electrons. The van der Waals surface area contributed by atoms with Crippen molar-refractivity contribution in [3.8, 4) is 96.9 Å². The van der Waals surface area contributed by atoms with Gasteiger partial charge in [-0.05, 0) is 72.8 Å².